The lowest BCUT2D eigenvalue weighted by molar-refractivity contribution is -0.0646. The molecule has 6 heteroatoms. The van der Waals surface area contributed by atoms with E-state index in [1.165, 1.54) is 11.1 Å². The predicted octanol–water partition coefficient (Wildman–Crippen LogP) is 2.58. The summed E-state index contributed by atoms with van der Waals surface area (Å²) in [6, 6.07) is 16.0. The molecule has 1 aliphatic heterocycles. The first-order chi connectivity index (χ1) is 14.4. The summed E-state index contributed by atoms with van der Waals surface area (Å²) >= 11 is 0. The van der Waals surface area contributed by atoms with E-state index in [-0.39, 0.29) is 13.2 Å². The molecule has 0 radical (unpaired) electrons. The van der Waals surface area contributed by atoms with Crippen molar-refractivity contribution in [1.82, 2.24) is 9.80 Å². The normalized spacial score (nSPS) is 20.2. The lowest BCUT2D eigenvalue weighted by Crippen LogP contribution is -2.48. The minimum absolute atomic E-state index is 0.200. The van der Waals surface area contributed by atoms with Crippen LogP contribution in [-0.2, 0) is 11.3 Å². The fraction of sp³-hybridized carbons (Fsp3) is 0.500. The Hall–Kier alpha value is -2.12. The van der Waals surface area contributed by atoms with Crippen LogP contribution in [0.2, 0.25) is 0 Å². The Balaban J connectivity index is 1.53. The van der Waals surface area contributed by atoms with Crippen LogP contribution >= 0.6 is 0 Å². The third-order valence-electron chi connectivity index (χ3n) is 5.11. The minimum atomic E-state index is -1.05. The average Bonchev–Trinajstić information content (AvgIpc) is 2.90. The van der Waals surface area contributed by atoms with Crippen LogP contribution in [-0.4, -0.2) is 80.7 Å². The van der Waals surface area contributed by atoms with Crippen LogP contribution in [0.3, 0.4) is 0 Å². The second-order valence-electron chi connectivity index (χ2n) is 8.38. The van der Waals surface area contributed by atoms with Crippen molar-refractivity contribution in [2.24, 2.45) is 0 Å². The van der Waals surface area contributed by atoms with Gasteiger partial charge in [-0.25, -0.2) is 0 Å². The number of rotatable bonds is 9. The van der Waals surface area contributed by atoms with E-state index in [2.05, 4.69) is 21.9 Å². The van der Waals surface area contributed by atoms with Gasteiger partial charge in [0.25, 0.3) is 0 Å². The van der Waals surface area contributed by atoms with Crippen molar-refractivity contribution in [1.29, 1.82) is 0 Å². The molecule has 0 spiro atoms. The van der Waals surface area contributed by atoms with Crippen LogP contribution in [0.15, 0.2) is 48.5 Å². The van der Waals surface area contributed by atoms with E-state index in [1.54, 1.807) is 0 Å². The molecule has 2 aromatic rings. The zero-order chi connectivity index (χ0) is 21.4. The Labute approximate surface area is 180 Å². The topological polar surface area (TPSA) is 54.4 Å². The molecule has 0 aromatic heterocycles. The van der Waals surface area contributed by atoms with Crippen LogP contribution in [0.25, 0.3) is 0 Å². The first-order valence-corrected chi connectivity index (χ1v) is 10.5. The number of nitrogens with zero attached hydrogens (tertiary/aromatic N) is 2. The van der Waals surface area contributed by atoms with Crippen LogP contribution in [0.1, 0.15) is 11.1 Å². The van der Waals surface area contributed by atoms with E-state index >= 15 is 0 Å². The molecule has 6 nitrogen and oxygen atoms in total. The van der Waals surface area contributed by atoms with Crippen LogP contribution in [0.5, 0.6) is 11.5 Å². The largest absolute Gasteiger partial charge is 0.492 e. The summed E-state index contributed by atoms with van der Waals surface area (Å²) in [5, 5.41) is 11.1. The van der Waals surface area contributed by atoms with Crippen molar-refractivity contribution in [3.63, 3.8) is 0 Å². The van der Waals surface area contributed by atoms with E-state index in [9.17, 15) is 5.11 Å². The molecule has 1 heterocycles. The third kappa shape index (κ3) is 7.29. The number of aliphatic hydroxyl groups is 1. The molecule has 1 atom stereocenters. The van der Waals surface area contributed by atoms with E-state index in [0.717, 1.165) is 31.1 Å². The van der Waals surface area contributed by atoms with Gasteiger partial charge in [-0.2, -0.15) is 0 Å². The molecule has 0 saturated carbocycles. The predicted molar refractivity (Wildman–Crippen MR) is 118 cm³/mol. The Morgan fingerprint density at radius 3 is 2.40 bits per heavy atom. The van der Waals surface area contributed by atoms with Gasteiger partial charge in [-0.05, 0) is 50.8 Å². The first-order valence-electron chi connectivity index (χ1n) is 10.5. The minimum Gasteiger partial charge on any atom is -0.492 e. The summed E-state index contributed by atoms with van der Waals surface area (Å²) < 4.78 is 17.3. The summed E-state index contributed by atoms with van der Waals surface area (Å²) in [6.07, 6.45) is 0. The summed E-state index contributed by atoms with van der Waals surface area (Å²) in [4.78, 5) is 4.31. The van der Waals surface area contributed by atoms with Crippen molar-refractivity contribution < 1.29 is 19.3 Å². The summed E-state index contributed by atoms with van der Waals surface area (Å²) in [5.74, 6) is 1.64. The highest BCUT2D eigenvalue weighted by Gasteiger charge is 2.33. The maximum absolute atomic E-state index is 11.1. The molecule has 2 aromatic carbocycles. The molecular formula is C24H34N2O4. The first kappa shape index (κ1) is 22.6. The fourth-order valence-electron chi connectivity index (χ4n) is 3.37. The summed E-state index contributed by atoms with van der Waals surface area (Å²) in [5.41, 5.74) is 1.31. The van der Waals surface area contributed by atoms with Crippen molar-refractivity contribution in [2.45, 2.75) is 19.1 Å². The second kappa shape index (κ2) is 10.8. The van der Waals surface area contributed by atoms with Gasteiger partial charge < -0.3 is 24.2 Å². The smallest absolute Gasteiger partial charge is 0.134 e. The molecule has 1 N–H and O–H groups in total. The number of aryl methyl sites for hydroxylation is 1. The second-order valence-corrected chi connectivity index (χ2v) is 8.38. The fourth-order valence-corrected chi connectivity index (χ4v) is 3.37. The van der Waals surface area contributed by atoms with Crippen molar-refractivity contribution in [2.75, 3.05) is 60.2 Å². The van der Waals surface area contributed by atoms with E-state index in [4.69, 9.17) is 14.2 Å². The van der Waals surface area contributed by atoms with Crippen LogP contribution in [0, 0.1) is 6.92 Å². The van der Waals surface area contributed by atoms with Gasteiger partial charge in [-0.15, -0.1) is 0 Å². The maximum Gasteiger partial charge on any atom is 0.134 e. The molecule has 30 heavy (non-hydrogen) atoms. The monoisotopic (exact) mass is 414 g/mol. The van der Waals surface area contributed by atoms with Gasteiger partial charge in [0.1, 0.15) is 30.3 Å². The zero-order valence-corrected chi connectivity index (χ0v) is 18.3. The molecule has 1 unspecified atom stereocenters. The van der Waals surface area contributed by atoms with E-state index < -0.39 is 5.60 Å². The molecule has 0 bridgehead atoms. The SMILES string of the molecule is Cc1ccc(OCC2(O)COCCN(Cc3ccc(OCCN(C)C)cc3)C2)cc1. The Bertz CT molecular complexity index is 764. The number of hydrogen-bond donors (Lipinski definition) is 1. The summed E-state index contributed by atoms with van der Waals surface area (Å²) in [6.45, 7) is 6.68. The van der Waals surface area contributed by atoms with E-state index in [0.29, 0.717) is 19.8 Å². The molecule has 0 amide bonds. The Morgan fingerprint density at radius 2 is 1.70 bits per heavy atom. The van der Waals surface area contributed by atoms with Gasteiger partial charge in [0.2, 0.25) is 0 Å². The average molecular weight is 415 g/mol. The Morgan fingerprint density at radius 1 is 1.03 bits per heavy atom. The zero-order valence-electron chi connectivity index (χ0n) is 18.3. The molecule has 1 fully saturated rings. The highest BCUT2D eigenvalue weighted by Crippen LogP contribution is 2.20. The van der Waals surface area contributed by atoms with Crippen molar-refractivity contribution in [3.05, 3.63) is 59.7 Å². The van der Waals surface area contributed by atoms with Gasteiger partial charge in [0.05, 0.1) is 13.2 Å². The van der Waals surface area contributed by atoms with Crippen molar-refractivity contribution >= 4 is 0 Å². The molecule has 1 aliphatic rings. The lowest BCUT2D eigenvalue weighted by Gasteiger charge is -2.30. The highest BCUT2D eigenvalue weighted by atomic mass is 16.5. The number of likely N-dealkylation sites (N-methyl/N-ethyl adjacent to an activating group) is 1. The van der Waals surface area contributed by atoms with Crippen LogP contribution in [0.4, 0.5) is 0 Å². The summed E-state index contributed by atoms with van der Waals surface area (Å²) in [7, 11) is 4.06. The molecule has 3 rings (SSSR count). The number of ether oxygens (including phenoxy) is 3. The Kier molecular flexibility index (Phi) is 8.10. The van der Waals surface area contributed by atoms with Crippen LogP contribution < -0.4 is 9.47 Å². The molecule has 1 saturated heterocycles. The number of hydrogen-bond acceptors (Lipinski definition) is 6. The standard InChI is InChI=1S/C24H34N2O4/c1-20-4-8-23(9-5-20)30-19-24(27)17-26(13-14-28-18-24)16-21-6-10-22(11-7-21)29-15-12-25(2)3/h4-11,27H,12-19H2,1-3H3. The number of β-amino-alcohol motifs (C(OH)–C–C–N with tert-alkyl or cyclic N) is 1. The van der Waals surface area contributed by atoms with E-state index in [1.807, 2.05) is 57.4 Å². The number of benzene rings is 2. The molecule has 0 aliphatic carbocycles. The van der Waals surface area contributed by atoms with Crippen molar-refractivity contribution in [3.8, 4) is 11.5 Å². The van der Waals surface area contributed by atoms with Gasteiger partial charge in [0.15, 0.2) is 0 Å². The highest BCUT2D eigenvalue weighted by molar-refractivity contribution is 5.28. The maximum atomic E-state index is 11.1. The van der Waals surface area contributed by atoms with Gasteiger partial charge >= 0.3 is 0 Å². The molecule has 164 valence electrons. The lowest BCUT2D eigenvalue weighted by atomic mass is 10.1. The molecular weight excluding hydrogens is 380 g/mol. The quantitative estimate of drug-likeness (QED) is 0.681. The van der Waals surface area contributed by atoms with Gasteiger partial charge in [-0.3, -0.25) is 4.90 Å². The van der Waals surface area contributed by atoms with Gasteiger partial charge in [0, 0.05) is 26.2 Å². The van der Waals surface area contributed by atoms with Gasteiger partial charge in [-0.1, -0.05) is 29.8 Å². The third-order valence-corrected chi connectivity index (χ3v) is 5.11.